The SMILES string of the molecule is CCC(C)CCCC(CC)(COC(C)(CC)CCC=C(C)C)OCC(O)(CC)CCC(C)C(C)C. The Balaban J connectivity index is 5.48. The van der Waals surface area contributed by atoms with Gasteiger partial charge in [0.15, 0.2) is 0 Å². The molecule has 1 N–H and O–H groups in total. The van der Waals surface area contributed by atoms with E-state index in [1.807, 2.05) is 0 Å². The molecule has 0 saturated carbocycles. The lowest BCUT2D eigenvalue weighted by Crippen LogP contribution is -2.46. The van der Waals surface area contributed by atoms with Crippen molar-refractivity contribution in [2.45, 2.75) is 164 Å². The highest BCUT2D eigenvalue weighted by molar-refractivity contribution is 4.94. The van der Waals surface area contributed by atoms with Crippen LogP contribution < -0.4 is 0 Å². The number of hydrogen-bond acceptors (Lipinski definition) is 3. The first-order valence-electron chi connectivity index (χ1n) is 14.9. The standard InChI is InChI=1S/C32H64O3/c1-12-28(9)19-17-22-32(15-4,25-34-30(11,13-2)21-16-18-26(5)6)35-24-31(33,14-3)23-20-29(10)27(7)8/h18,27-29,33H,12-17,19-25H2,1-11H3. The molecule has 0 fully saturated rings. The summed E-state index contributed by atoms with van der Waals surface area (Å²) in [7, 11) is 0. The van der Waals surface area contributed by atoms with Crippen molar-refractivity contribution in [1.82, 2.24) is 0 Å². The summed E-state index contributed by atoms with van der Waals surface area (Å²) in [5.74, 6) is 1.98. The van der Waals surface area contributed by atoms with Gasteiger partial charge in [0.2, 0.25) is 0 Å². The van der Waals surface area contributed by atoms with Gasteiger partial charge in [-0.15, -0.1) is 0 Å². The third-order valence-corrected chi connectivity index (χ3v) is 8.84. The summed E-state index contributed by atoms with van der Waals surface area (Å²) in [6, 6.07) is 0. The highest BCUT2D eigenvalue weighted by Gasteiger charge is 2.36. The molecule has 0 saturated heterocycles. The molecule has 3 heteroatoms. The van der Waals surface area contributed by atoms with Crippen LogP contribution in [0.25, 0.3) is 0 Å². The minimum atomic E-state index is -0.766. The van der Waals surface area contributed by atoms with Crippen molar-refractivity contribution in [2.24, 2.45) is 17.8 Å². The molecule has 5 atom stereocenters. The van der Waals surface area contributed by atoms with Gasteiger partial charge >= 0.3 is 0 Å². The van der Waals surface area contributed by atoms with Crippen LogP contribution in [0, 0.1) is 17.8 Å². The van der Waals surface area contributed by atoms with Crippen LogP contribution in [0.1, 0.15) is 147 Å². The smallest absolute Gasteiger partial charge is 0.0914 e. The molecule has 0 aromatic heterocycles. The molecule has 0 amide bonds. The Kier molecular flexibility index (Phi) is 17.0. The molecule has 0 spiro atoms. The molecule has 0 aliphatic carbocycles. The van der Waals surface area contributed by atoms with Crippen molar-refractivity contribution in [3.63, 3.8) is 0 Å². The van der Waals surface area contributed by atoms with Gasteiger partial charge in [-0.25, -0.2) is 0 Å². The Labute approximate surface area is 220 Å². The number of allylic oxidation sites excluding steroid dienone is 2. The van der Waals surface area contributed by atoms with E-state index in [-0.39, 0.29) is 11.2 Å². The van der Waals surface area contributed by atoms with Crippen molar-refractivity contribution in [2.75, 3.05) is 13.2 Å². The molecule has 0 radical (unpaired) electrons. The summed E-state index contributed by atoms with van der Waals surface area (Å²) in [6.45, 7) is 25.6. The highest BCUT2D eigenvalue weighted by atomic mass is 16.6. The summed E-state index contributed by atoms with van der Waals surface area (Å²) in [5, 5.41) is 11.4. The largest absolute Gasteiger partial charge is 0.387 e. The van der Waals surface area contributed by atoms with Crippen molar-refractivity contribution in [1.29, 1.82) is 0 Å². The van der Waals surface area contributed by atoms with E-state index >= 15 is 0 Å². The monoisotopic (exact) mass is 496 g/mol. The van der Waals surface area contributed by atoms with Crippen LogP contribution in [0.5, 0.6) is 0 Å². The van der Waals surface area contributed by atoms with Crippen molar-refractivity contribution in [3.8, 4) is 0 Å². The molecule has 0 aromatic rings. The van der Waals surface area contributed by atoms with Gasteiger partial charge in [-0.2, -0.15) is 0 Å². The van der Waals surface area contributed by atoms with Crippen molar-refractivity contribution in [3.05, 3.63) is 11.6 Å². The second-order valence-electron chi connectivity index (χ2n) is 12.5. The molecule has 0 rings (SSSR count). The molecular weight excluding hydrogens is 432 g/mol. The number of rotatable bonds is 21. The Bertz CT molecular complexity index is 567. The Morgan fingerprint density at radius 3 is 1.97 bits per heavy atom. The van der Waals surface area contributed by atoms with E-state index in [4.69, 9.17) is 9.47 Å². The fourth-order valence-electron chi connectivity index (χ4n) is 4.33. The maximum Gasteiger partial charge on any atom is 0.0914 e. The maximum atomic E-state index is 11.4. The Morgan fingerprint density at radius 1 is 0.829 bits per heavy atom. The van der Waals surface area contributed by atoms with E-state index in [1.54, 1.807) is 0 Å². The van der Waals surface area contributed by atoms with Crippen LogP contribution in [-0.2, 0) is 9.47 Å². The second kappa shape index (κ2) is 17.2. The average Bonchev–Trinajstić information content (AvgIpc) is 2.83. The minimum Gasteiger partial charge on any atom is -0.387 e. The zero-order chi connectivity index (χ0) is 27.1. The fourth-order valence-corrected chi connectivity index (χ4v) is 4.33. The van der Waals surface area contributed by atoms with Gasteiger partial charge in [0.25, 0.3) is 0 Å². The number of aliphatic hydroxyl groups is 1. The van der Waals surface area contributed by atoms with E-state index in [0.717, 1.165) is 63.7 Å². The highest BCUT2D eigenvalue weighted by Crippen LogP contribution is 2.33. The van der Waals surface area contributed by atoms with E-state index in [2.05, 4.69) is 82.2 Å². The molecule has 210 valence electrons. The van der Waals surface area contributed by atoms with Gasteiger partial charge < -0.3 is 14.6 Å². The molecule has 0 heterocycles. The van der Waals surface area contributed by atoms with E-state index < -0.39 is 5.60 Å². The zero-order valence-electron chi connectivity index (χ0n) is 25.8. The van der Waals surface area contributed by atoms with Gasteiger partial charge in [-0.1, -0.05) is 86.3 Å². The lowest BCUT2D eigenvalue weighted by Gasteiger charge is -2.40. The van der Waals surface area contributed by atoms with Crippen LogP contribution in [0.2, 0.25) is 0 Å². The summed E-state index contributed by atoms with van der Waals surface area (Å²) >= 11 is 0. The van der Waals surface area contributed by atoms with Crippen LogP contribution >= 0.6 is 0 Å². The van der Waals surface area contributed by atoms with E-state index in [1.165, 1.54) is 18.4 Å². The third kappa shape index (κ3) is 14.2. The predicted molar refractivity (Wildman–Crippen MR) is 154 cm³/mol. The molecular formula is C32H64O3. The summed E-state index contributed by atoms with van der Waals surface area (Å²) in [5.41, 5.74) is 0.107. The molecule has 0 aliphatic heterocycles. The van der Waals surface area contributed by atoms with Gasteiger partial charge in [0.05, 0.1) is 30.0 Å². The minimum absolute atomic E-state index is 0.153. The van der Waals surface area contributed by atoms with Crippen LogP contribution in [0.4, 0.5) is 0 Å². The first-order valence-corrected chi connectivity index (χ1v) is 14.9. The number of hydrogen-bond donors (Lipinski definition) is 1. The quantitative estimate of drug-likeness (QED) is 0.161. The second-order valence-corrected chi connectivity index (χ2v) is 12.5. The third-order valence-electron chi connectivity index (χ3n) is 8.84. The summed E-state index contributed by atoms with van der Waals surface area (Å²) in [4.78, 5) is 0. The lowest BCUT2D eigenvalue weighted by molar-refractivity contribution is -0.178. The van der Waals surface area contributed by atoms with Gasteiger partial charge in [0, 0.05) is 0 Å². The van der Waals surface area contributed by atoms with Crippen molar-refractivity contribution < 1.29 is 14.6 Å². The normalized spacial score (nSPS) is 19.0. The molecule has 5 unspecified atom stereocenters. The first kappa shape index (κ1) is 34.6. The predicted octanol–water partition coefficient (Wildman–Crippen LogP) is 9.51. The molecule has 0 aliphatic rings. The zero-order valence-corrected chi connectivity index (χ0v) is 25.8. The van der Waals surface area contributed by atoms with E-state index in [0.29, 0.717) is 25.0 Å². The first-order chi connectivity index (χ1) is 16.3. The van der Waals surface area contributed by atoms with Crippen LogP contribution in [-0.4, -0.2) is 35.1 Å². The summed E-state index contributed by atoms with van der Waals surface area (Å²) in [6.07, 6.45) is 13.4. The maximum absolute atomic E-state index is 11.4. The van der Waals surface area contributed by atoms with Gasteiger partial charge in [0.1, 0.15) is 0 Å². The van der Waals surface area contributed by atoms with Crippen LogP contribution in [0.15, 0.2) is 11.6 Å². The number of ether oxygens (including phenoxy) is 2. The van der Waals surface area contributed by atoms with Gasteiger partial charge in [-0.05, 0) is 89.9 Å². The van der Waals surface area contributed by atoms with E-state index in [9.17, 15) is 5.11 Å². The summed E-state index contributed by atoms with van der Waals surface area (Å²) < 4.78 is 13.4. The molecule has 3 nitrogen and oxygen atoms in total. The van der Waals surface area contributed by atoms with Crippen LogP contribution in [0.3, 0.4) is 0 Å². The average molecular weight is 497 g/mol. The molecule has 0 bridgehead atoms. The van der Waals surface area contributed by atoms with Gasteiger partial charge in [-0.3, -0.25) is 0 Å². The molecule has 35 heavy (non-hydrogen) atoms. The Hall–Kier alpha value is -0.380. The Morgan fingerprint density at radius 2 is 1.49 bits per heavy atom. The molecule has 0 aromatic carbocycles. The van der Waals surface area contributed by atoms with Crippen molar-refractivity contribution >= 4 is 0 Å². The topological polar surface area (TPSA) is 38.7 Å². The lowest BCUT2D eigenvalue weighted by atomic mass is 9.86. The fraction of sp³-hybridized carbons (Fsp3) is 0.938.